The van der Waals surface area contributed by atoms with E-state index < -0.39 is 0 Å². The standard InChI is InChI=1S/C25H24O3/c1-4-18(3)28-22-12-14-24-21(17-22)11-10-20-16-19(9-13-23(20)24)8-6-7-15-27-25(26)5-2/h4-5,9-14,16-17H,1-3,6-8,15H2. The van der Waals surface area contributed by atoms with Gasteiger partial charge in [0.25, 0.3) is 0 Å². The smallest absolute Gasteiger partial charge is 0.330 e. The molecule has 3 rings (SSSR count). The first-order valence-corrected chi connectivity index (χ1v) is 9.34. The van der Waals surface area contributed by atoms with Crippen LogP contribution in [-0.2, 0) is 16.0 Å². The number of aryl methyl sites for hydroxylation is 1. The molecule has 0 saturated carbocycles. The number of benzene rings is 3. The van der Waals surface area contributed by atoms with Crippen molar-refractivity contribution in [2.45, 2.75) is 19.3 Å². The maximum absolute atomic E-state index is 11.0. The van der Waals surface area contributed by atoms with E-state index in [4.69, 9.17) is 9.47 Å². The maximum Gasteiger partial charge on any atom is 0.330 e. The van der Waals surface area contributed by atoms with E-state index in [9.17, 15) is 4.79 Å². The van der Waals surface area contributed by atoms with Gasteiger partial charge in [0, 0.05) is 6.08 Å². The Bertz CT molecular complexity index is 1050. The minimum absolute atomic E-state index is 0.361. The largest absolute Gasteiger partial charge is 0.463 e. The number of fused-ring (bicyclic) bond motifs is 3. The predicted octanol–water partition coefficient (Wildman–Crippen LogP) is 6.12. The zero-order valence-electron chi connectivity index (χ0n) is 15.9. The fourth-order valence-corrected chi connectivity index (χ4v) is 3.17. The average molecular weight is 372 g/mol. The third-order valence-corrected chi connectivity index (χ3v) is 4.62. The van der Waals surface area contributed by atoms with Gasteiger partial charge in [0.15, 0.2) is 0 Å². The maximum atomic E-state index is 11.0. The molecule has 0 atom stereocenters. The van der Waals surface area contributed by atoms with Crippen molar-refractivity contribution in [2.24, 2.45) is 0 Å². The van der Waals surface area contributed by atoms with E-state index in [1.54, 1.807) is 6.08 Å². The summed E-state index contributed by atoms with van der Waals surface area (Å²) in [4.78, 5) is 11.0. The number of ether oxygens (including phenoxy) is 2. The molecule has 0 aliphatic heterocycles. The second-order valence-electron chi connectivity index (χ2n) is 6.61. The van der Waals surface area contributed by atoms with Gasteiger partial charge in [-0.2, -0.15) is 0 Å². The first-order valence-electron chi connectivity index (χ1n) is 9.34. The molecule has 0 fully saturated rings. The SMILES string of the molecule is C=CC(=C)Oc1ccc2c(ccc3cc(CCCCOC(=O)C=C)ccc32)c1. The molecule has 3 aromatic carbocycles. The van der Waals surface area contributed by atoms with Crippen molar-refractivity contribution in [3.8, 4) is 5.75 Å². The van der Waals surface area contributed by atoms with E-state index in [1.807, 2.05) is 12.1 Å². The molecule has 0 radical (unpaired) electrons. The van der Waals surface area contributed by atoms with E-state index in [1.165, 1.54) is 27.8 Å². The highest BCUT2D eigenvalue weighted by atomic mass is 16.5. The van der Waals surface area contributed by atoms with Crippen LogP contribution in [0.1, 0.15) is 18.4 Å². The van der Waals surface area contributed by atoms with E-state index in [2.05, 4.69) is 56.1 Å². The topological polar surface area (TPSA) is 35.5 Å². The van der Waals surface area contributed by atoms with Gasteiger partial charge in [-0.25, -0.2) is 4.79 Å². The summed E-state index contributed by atoms with van der Waals surface area (Å²) in [5, 5.41) is 4.75. The van der Waals surface area contributed by atoms with E-state index in [0.717, 1.165) is 30.4 Å². The molecule has 3 heteroatoms. The second kappa shape index (κ2) is 9.05. The number of unbranched alkanes of at least 4 members (excludes halogenated alkanes) is 1. The summed E-state index contributed by atoms with van der Waals surface area (Å²) in [6.45, 7) is 11.3. The van der Waals surface area contributed by atoms with Crippen LogP contribution in [0.3, 0.4) is 0 Å². The highest BCUT2D eigenvalue weighted by molar-refractivity contribution is 6.07. The highest BCUT2D eigenvalue weighted by Crippen LogP contribution is 2.30. The summed E-state index contributed by atoms with van der Waals surface area (Å²) in [5.74, 6) is 0.925. The number of hydrogen-bond donors (Lipinski definition) is 0. The Morgan fingerprint density at radius 3 is 2.32 bits per heavy atom. The Balaban J connectivity index is 1.72. The van der Waals surface area contributed by atoms with Crippen LogP contribution in [0.25, 0.3) is 21.5 Å². The molecule has 0 saturated heterocycles. The normalized spacial score (nSPS) is 10.6. The molecule has 0 unspecified atom stereocenters. The highest BCUT2D eigenvalue weighted by Gasteiger charge is 2.05. The van der Waals surface area contributed by atoms with E-state index in [-0.39, 0.29) is 5.97 Å². The van der Waals surface area contributed by atoms with E-state index >= 15 is 0 Å². The van der Waals surface area contributed by atoms with Crippen LogP contribution in [0.4, 0.5) is 0 Å². The number of allylic oxidation sites excluding steroid dienone is 1. The van der Waals surface area contributed by atoms with Crippen molar-refractivity contribution < 1.29 is 14.3 Å². The molecule has 0 aromatic heterocycles. The van der Waals surface area contributed by atoms with Crippen LogP contribution in [0, 0.1) is 0 Å². The summed E-state index contributed by atoms with van der Waals surface area (Å²) in [6.07, 6.45) is 5.55. The zero-order valence-corrected chi connectivity index (χ0v) is 15.9. The van der Waals surface area contributed by atoms with Gasteiger partial charge in [0.05, 0.1) is 6.61 Å². The molecule has 0 N–H and O–H groups in total. The lowest BCUT2D eigenvalue weighted by Crippen LogP contribution is -2.02. The van der Waals surface area contributed by atoms with Crippen LogP contribution in [-0.4, -0.2) is 12.6 Å². The monoisotopic (exact) mass is 372 g/mol. The minimum Gasteiger partial charge on any atom is -0.463 e. The van der Waals surface area contributed by atoms with Crippen molar-refractivity contribution in [3.63, 3.8) is 0 Å². The Hall–Kier alpha value is -3.33. The van der Waals surface area contributed by atoms with Crippen LogP contribution >= 0.6 is 0 Å². The third kappa shape index (κ3) is 4.68. The summed E-state index contributed by atoms with van der Waals surface area (Å²) in [5.41, 5.74) is 1.28. The molecular formula is C25H24O3. The molecule has 3 aromatic rings. The lowest BCUT2D eigenvalue weighted by molar-refractivity contribution is -0.137. The van der Waals surface area contributed by atoms with Crippen molar-refractivity contribution in [3.05, 3.63) is 91.7 Å². The van der Waals surface area contributed by atoms with E-state index in [0.29, 0.717) is 12.4 Å². The van der Waals surface area contributed by atoms with Crippen LogP contribution < -0.4 is 4.74 Å². The number of hydrogen-bond acceptors (Lipinski definition) is 3. The Kier molecular flexibility index (Phi) is 6.28. The fraction of sp³-hybridized carbons (Fsp3) is 0.160. The van der Waals surface area contributed by atoms with Crippen molar-refractivity contribution in [2.75, 3.05) is 6.61 Å². The molecule has 0 aliphatic rings. The van der Waals surface area contributed by atoms with Gasteiger partial charge in [-0.15, -0.1) is 0 Å². The Morgan fingerprint density at radius 2 is 1.61 bits per heavy atom. The van der Waals surface area contributed by atoms with Gasteiger partial charge in [-0.3, -0.25) is 0 Å². The van der Waals surface area contributed by atoms with Crippen LogP contribution in [0.5, 0.6) is 5.75 Å². The molecule has 28 heavy (non-hydrogen) atoms. The van der Waals surface area contributed by atoms with Gasteiger partial charge >= 0.3 is 5.97 Å². The summed E-state index contributed by atoms with van der Waals surface area (Å²) in [6, 6.07) is 16.9. The molecule has 0 heterocycles. The minimum atomic E-state index is -0.361. The summed E-state index contributed by atoms with van der Waals surface area (Å²) >= 11 is 0. The molecular weight excluding hydrogens is 348 g/mol. The Labute approximate surface area is 165 Å². The first-order chi connectivity index (χ1) is 13.6. The van der Waals surface area contributed by atoms with Gasteiger partial charge in [-0.05, 0) is 64.6 Å². The lowest BCUT2D eigenvalue weighted by atomic mass is 9.98. The Morgan fingerprint density at radius 1 is 0.893 bits per heavy atom. The quantitative estimate of drug-likeness (QED) is 0.113. The first kappa shape index (κ1) is 19.4. The average Bonchev–Trinajstić information content (AvgIpc) is 2.72. The van der Waals surface area contributed by atoms with Gasteiger partial charge in [0.1, 0.15) is 11.5 Å². The van der Waals surface area contributed by atoms with Gasteiger partial charge in [-0.1, -0.05) is 56.1 Å². The third-order valence-electron chi connectivity index (χ3n) is 4.62. The van der Waals surface area contributed by atoms with Crippen molar-refractivity contribution >= 4 is 27.5 Å². The van der Waals surface area contributed by atoms with Crippen molar-refractivity contribution in [1.82, 2.24) is 0 Å². The lowest BCUT2D eigenvalue weighted by Gasteiger charge is -2.10. The summed E-state index contributed by atoms with van der Waals surface area (Å²) < 4.78 is 10.6. The second-order valence-corrected chi connectivity index (χ2v) is 6.61. The molecule has 142 valence electrons. The van der Waals surface area contributed by atoms with Crippen LogP contribution in [0.2, 0.25) is 0 Å². The molecule has 3 nitrogen and oxygen atoms in total. The molecule has 0 bridgehead atoms. The number of carbonyl (C=O) groups is 1. The number of esters is 1. The molecule has 0 amide bonds. The predicted molar refractivity (Wildman–Crippen MR) is 116 cm³/mol. The zero-order chi connectivity index (χ0) is 19.9. The van der Waals surface area contributed by atoms with Gasteiger partial charge < -0.3 is 9.47 Å². The fourth-order valence-electron chi connectivity index (χ4n) is 3.17. The number of carbonyl (C=O) groups excluding carboxylic acids is 1. The van der Waals surface area contributed by atoms with Crippen molar-refractivity contribution in [1.29, 1.82) is 0 Å². The van der Waals surface area contributed by atoms with Crippen LogP contribution in [0.15, 0.2) is 86.2 Å². The van der Waals surface area contributed by atoms with Gasteiger partial charge in [0.2, 0.25) is 0 Å². The number of rotatable bonds is 9. The molecule has 0 spiro atoms. The molecule has 0 aliphatic carbocycles. The summed E-state index contributed by atoms with van der Waals surface area (Å²) in [7, 11) is 0.